The molecule has 68 valence electrons. The summed E-state index contributed by atoms with van der Waals surface area (Å²) in [6.07, 6.45) is 0. The van der Waals surface area contributed by atoms with E-state index in [2.05, 4.69) is 10.6 Å². The number of ketones is 2. The van der Waals surface area contributed by atoms with Gasteiger partial charge in [-0.05, 0) is 0 Å². The first kappa shape index (κ1) is 7.90. The predicted octanol–water partition coefficient (Wildman–Crippen LogP) is -2.63. The molecule has 0 unspecified atom stereocenters. The number of Topliss-reactive ketones (excluding diaryl/α,β-unsaturated/α-hetero) is 2. The smallest absolute Gasteiger partial charge is 0.251 e. The number of hydrogen-bond donors (Lipinski definition) is 2. The third kappa shape index (κ3) is 0.676. The summed E-state index contributed by atoms with van der Waals surface area (Å²) in [6, 6.07) is 0. The van der Waals surface area contributed by atoms with E-state index >= 15 is 0 Å². The molecule has 6 heteroatoms. The Kier molecular flexibility index (Phi) is 1.31. The van der Waals surface area contributed by atoms with E-state index in [4.69, 9.17) is 0 Å². The van der Waals surface area contributed by atoms with Crippen molar-refractivity contribution in [3.05, 3.63) is 0 Å². The van der Waals surface area contributed by atoms with Crippen molar-refractivity contribution >= 4 is 23.4 Å². The van der Waals surface area contributed by atoms with E-state index in [0.29, 0.717) is 0 Å². The van der Waals surface area contributed by atoms with Crippen molar-refractivity contribution in [1.82, 2.24) is 10.6 Å². The fourth-order valence-corrected chi connectivity index (χ4v) is 1.62. The van der Waals surface area contributed by atoms with E-state index < -0.39 is 28.8 Å². The van der Waals surface area contributed by atoms with Gasteiger partial charge in [0.15, 0.2) is 11.6 Å². The first-order valence-corrected chi connectivity index (χ1v) is 3.73. The molecule has 0 radical (unpaired) electrons. The second-order valence-corrected chi connectivity index (χ2v) is 2.96. The van der Waals surface area contributed by atoms with Gasteiger partial charge in [0, 0.05) is 0 Å². The molecule has 2 rings (SSSR count). The van der Waals surface area contributed by atoms with E-state index in [1.54, 1.807) is 0 Å². The largest absolute Gasteiger partial charge is 0.347 e. The minimum Gasteiger partial charge on any atom is -0.347 e. The molecular weight excluding hydrogens is 176 g/mol. The van der Waals surface area contributed by atoms with Gasteiger partial charge in [0.1, 0.15) is 0 Å². The van der Waals surface area contributed by atoms with Crippen LogP contribution in [0.1, 0.15) is 0 Å². The SMILES string of the molecule is O=C1CNC(=O)C12C(=O)CNC2=O. The van der Waals surface area contributed by atoms with Crippen molar-refractivity contribution in [2.24, 2.45) is 5.41 Å². The van der Waals surface area contributed by atoms with Crippen molar-refractivity contribution in [3.8, 4) is 0 Å². The van der Waals surface area contributed by atoms with E-state index in [-0.39, 0.29) is 13.1 Å². The molecule has 0 saturated carbocycles. The zero-order chi connectivity index (χ0) is 9.64. The van der Waals surface area contributed by atoms with Gasteiger partial charge >= 0.3 is 0 Å². The van der Waals surface area contributed by atoms with Crippen LogP contribution >= 0.6 is 0 Å². The molecule has 1 spiro atoms. The summed E-state index contributed by atoms with van der Waals surface area (Å²) in [5.41, 5.74) is -2.06. The van der Waals surface area contributed by atoms with E-state index in [9.17, 15) is 19.2 Å². The average molecular weight is 182 g/mol. The lowest BCUT2D eigenvalue weighted by Crippen LogP contribution is -2.46. The van der Waals surface area contributed by atoms with Crippen LogP contribution in [0.5, 0.6) is 0 Å². The number of carbonyl (C=O) groups is 4. The fourth-order valence-electron chi connectivity index (χ4n) is 1.62. The molecule has 2 N–H and O–H groups in total. The highest BCUT2D eigenvalue weighted by atomic mass is 16.2. The molecule has 6 nitrogen and oxygen atoms in total. The minimum absolute atomic E-state index is 0.238. The number of hydrogen-bond acceptors (Lipinski definition) is 4. The fraction of sp³-hybridized carbons (Fsp3) is 0.429. The Balaban J connectivity index is 2.59. The maximum absolute atomic E-state index is 11.3. The van der Waals surface area contributed by atoms with Crippen LogP contribution in [0.4, 0.5) is 0 Å². The molecule has 0 bridgehead atoms. The molecule has 0 aromatic rings. The molecule has 2 saturated heterocycles. The first-order valence-electron chi connectivity index (χ1n) is 3.73. The van der Waals surface area contributed by atoms with Gasteiger partial charge in [0.05, 0.1) is 13.1 Å². The Morgan fingerprint density at radius 3 is 1.46 bits per heavy atom. The van der Waals surface area contributed by atoms with Crippen LogP contribution in [0.3, 0.4) is 0 Å². The topological polar surface area (TPSA) is 92.3 Å². The zero-order valence-corrected chi connectivity index (χ0v) is 6.55. The van der Waals surface area contributed by atoms with Crippen molar-refractivity contribution in [2.45, 2.75) is 0 Å². The van der Waals surface area contributed by atoms with Gasteiger partial charge in [-0.15, -0.1) is 0 Å². The molecular formula is C7H6N2O4. The number of amides is 2. The maximum Gasteiger partial charge on any atom is 0.251 e. The molecule has 2 amide bonds. The minimum atomic E-state index is -2.06. The van der Waals surface area contributed by atoms with E-state index in [1.165, 1.54) is 0 Å². The first-order chi connectivity index (χ1) is 6.10. The standard InChI is InChI=1S/C7H6N2O4/c10-3-1-8-5(12)7(3)4(11)2-9-6(7)13/h1-2H2,(H,8,12)(H,9,13). The third-order valence-corrected chi connectivity index (χ3v) is 2.34. The summed E-state index contributed by atoms with van der Waals surface area (Å²) in [7, 11) is 0. The highest BCUT2D eigenvalue weighted by Gasteiger charge is 2.64. The summed E-state index contributed by atoms with van der Waals surface area (Å²) in [6.45, 7) is -0.476. The van der Waals surface area contributed by atoms with Gasteiger partial charge in [-0.1, -0.05) is 0 Å². The quantitative estimate of drug-likeness (QED) is 0.401. The van der Waals surface area contributed by atoms with Crippen LogP contribution in [0.15, 0.2) is 0 Å². The summed E-state index contributed by atoms with van der Waals surface area (Å²) >= 11 is 0. The number of rotatable bonds is 0. The number of nitrogens with one attached hydrogen (secondary N) is 2. The highest BCUT2D eigenvalue weighted by molar-refractivity contribution is 6.43. The van der Waals surface area contributed by atoms with Crippen LogP contribution in [0.2, 0.25) is 0 Å². The van der Waals surface area contributed by atoms with Gasteiger partial charge < -0.3 is 10.6 Å². The molecule has 2 aliphatic heterocycles. The summed E-state index contributed by atoms with van der Waals surface area (Å²) in [5, 5.41) is 4.39. The lowest BCUT2D eigenvalue weighted by molar-refractivity contribution is -0.148. The number of carbonyl (C=O) groups excluding carboxylic acids is 4. The second kappa shape index (κ2) is 2.15. The molecule has 0 atom stereocenters. The highest BCUT2D eigenvalue weighted by Crippen LogP contribution is 2.28. The monoisotopic (exact) mass is 182 g/mol. The molecule has 13 heavy (non-hydrogen) atoms. The third-order valence-electron chi connectivity index (χ3n) is 2.34. The van der Waals surface area contributed by atoms with Crippen LogP contribution in [0, 0.1) is 5.41 Å². The van der Waals surface area contributed by atoms with Crippen LogP contribution in [-0.2, 0) is 19.2 Å². The van der Waals surface area contributed by atoms with Gasteiger partial charge in [-0.3, -0.25) is 19.2 Å². The van der Waals surface area contributed by atoms with E-state index in [0.717, 1.165) is 0 Å². The molecule has 0 aromatic carbocycles. The Bertz CT molecular complexity index is 277. The maximum atomic E-state index is 11.3. The van der Waals surface area contributed by atoms with Gasteiger partial charge in [0.25, 0.3) is 11.8 Å². The van der Waals surface area contributed by atoms with E-state index in [1.807, 2.05) is 0 Å². The lowest BCUT2D eigenvalue weighted by atomic mass is 9.83. The Morgan fingerprint density at radius 1 is 0.846 bits per heavy atom. The summed E-state index contributed by atoms with van der Waals surface area (Å²) in [5.74, 6) is -2.90. The van der Waals surface area contributed by atoms with Gasteiger partial charge in [0.2, 0.25) is 5.41 Å². The molecule has 2 fully saturated rings. The van der Waals surface area contributed by atoms with Crippen LogP contribution < -0.4 is 10.6 Å². The van der Waals surface area contributed by atoms with Crippen molar-refractivity contribution in [2.75, 3.05) is 13.1 Å². The predicted molar refractivity (Wildman–Crippen MR) is 38.5 cm³/mol. The summed E-state index contributed by atoms with van der Waals surface area (Å²) in [4.78, 5) is 45.0. The van der Waals surface area contributed by atoms with Crippen LogP contribution in [0.25, 0.3) is 0 Å². The summed E-state index contributed by atoms with van der Waals surface area (Å²) < 4.78 is 0. The molecule has 0 aliphatic carbocycles. The molecule has 0 aromatic heterocycles. The molecule has 2 heterocycles. The van der Waals surface area contributed by atoms with Gasteiger partial charge in [-0.25, -0.2) is 0 Å². The lowest BCUT2D eigenvalue weighted by Gasteiger charge is -2.10. The average Bonchev–Trinajstić information content (AvgIpc) is 2.53. The van der Waals surface area contributed by atoms with Gasteiger partial charge in [-0.2, -0.15) is 0 Å². The Labute approximate surface area is 72.7 Å². The Morgan fingerprint density at radius 2 is 1.23 bits per heavy atom. The Hall–Kier alpha value is -1.72. The van der Waals surface area contributed by atoms with Crippen molar-refractivity contribution in [1.29, 1.82) is 0 Å². The second-order valence-electron chi connectivity index (χ2n) is 2.96. The van der Waals surface area contributed by atoms with Crippen LogP contribution in [-0.4, -0.2) is 36.5 Å². The van der Waals surface area contributed by atoms with Crippen molar-refractivity contribution < 1.29 is 19.2 Å². The zero-order valence-electron chi connectivity index (χ0n) is 6.55. The normalized spacial score (nSPS) is 25.2. The van der Waals surface area contributed by atoms with Crippen molar-refractivity contribution in [3.63, 3.8) is 0 Å². The molecule has 2 aliphatic rings.